The van der Waals surface area contributed by atoms with Crippen LogP contribution in [0.3, 0.4) is 0 Å². The minimum Gasteiger partial charge on any atom is -0.376 e. The maximum atomic E-state index is 5.75. The van der Waals surface area contributed by atoms with Crippen molar-refractivity contribution in [2.45, 2.75) is 18.9 Å². The van der Waals surface area contributed by atoms with E-state index in [-0.39, 0.29) is 11.4 Å². The molecule has 0 spiro atoms. The molecule has 1 aliphatic heterocycles. The fourth-order valence-electron chi connectivity index (χ4n) is 1.55. The number of nitrogens with zero attached hydrogens (tertiary/aromatic N) is 3. The summed E-state index contributed by atoms with van der Waals surface area (Å²) in [6, 6.07) is 0. The van der Waals surface area contributed by atoms with Gasteiger partial charge in [-0.15, -0.1) is 0 Å². The summed E-state index contributed by atoms with van der Waals surface area (Å²) >= 11 is 5.75. The number of rotatable bonds is 4. The molecule has 2 heterocycles. The second-order valence-electron chi connectivity index (χ2n) is 3.52. The van der Waals surface area contributed by atoms with Crippen LogP contribution in [0.4, 0.5) is 11.9 Å². The van der Waals surface area contributed by atoms with E-state index in [0.29, 0.717) is 18.4 Å². The van der Waals surface area contributed by atoms with E-state index in [2.05, 4.69) is 25.6 Å². The molecule has 7 heteroatoms. The quantitative estimate of drug-likeness (QED) is 0.827. The minimum absolute atomic E-state index is 0.175. The van der Waals surface area contributed by atoms with Crippen molar-refractivity contribution in [2.24, 2.45) is 0 Å². The Bertz CT molecular complexity index is 356. The molecule has 2 rings (SSSR count). The van der Waals surface area contributed by atoms with Gasteiger partial charge < -0.3 is 15.4 Å². The smallest absolute Gasteiger partial charge is 0.228 e. The molecule has 1 unspecified atom stereocenters. The van der Waals surface area contributed by atoms with Gasteiger partial charge in [0.1, 0.15) is 0 Å². The zero-order chi connectivity index (χ0) is 11.4. The zero-order valence-electron chi connectivity index (χ0n) is 9.03. The highest BCUT2D eigenvalue weighted by Crippen LogP contribution is 2.13. The Balaban J connectivity index is 1.94. The van der Waals surface area contributed by atoms with Crippen molar-refractivity contribution in [2.75, 3.05) is 30.8 Å². The lowest BCUT2D eigenvalue weighted by molar-refractivity contribution is 0.120. The number of halogens is 1. The van der Waals surface area contributed by atoms with E-state index >= 15 is 0 Å². The first-order valence-electron chi connectivity index (χ1n) is 5.23. The maximum Gasteiger partial charge on any atom is 0.228 e. The first kappa shape index (κ1) is 11.3. The van der Waals surface area contributed by atoms with Gasteiger partial charge in [-0.25, -0.2) is 0 Å². The average molecular weight is 244 g/mol. The van der Waals surface area contributed by atoms with Crippen LogP contribution in [0.25, 0.3) is 0 Å². The van der Waals surface area contributed by atoms with Gasteiger partial charge >= 0.3 is 0 Å². The summed E-state index contributed by atoms with van der Waals surface area (Å²) in [5, 5.41) is 6.08. The van der Waals surface area contributed by atoms with Gasteiger partial charge in [0.05, 0.1) is 6.10 Å². The van der Waals surface area contributed by atoms with Crippen molar-refractivity contribution in [1.29, 1.82) is 0 Å². The van der Waals surface area contributed by atoms with Crippen LogP contribution in [0.15, 0.2) is 0 Å². The van der Waals surface area contributed by atoms with E-state index in [0.717, 1.165) is 19.4 Å². The molecule has 0 aromatic carbocycles. The van der Waals surface area contributed by atoms with Crippen LogP contribution < -0.4 is 10.6 Å². The van der Waals surface area contributed by atoms with Crippen molar-refractivity contribution < 1.29 is 4.74 Å². The molecule has 0 radical (unpaired) electrons. The third kappa shape index (κ3) is 2.93. The number of anilines is 2. The Labute approximate surface area is 98.8 Å². The van der Waals surface area contributed by atoms with Crippen molar-refractivity contribution in [3.8, 4) is 0 Å². The van der Waals surface area contributed by atoms with Crippen LogP contribution in [-0.2, 0) is 4.74 Å². The average Bonchev–Trinajstić information content (AvgIpc) is 2.78. The summed E-state index contributed by atoms with van der Waals surface area (Å²) in [5.74, 6) is 0.926. The van der Waals surface area contributed by atoms with Gasteiger partial charge in [0.15, 0.2) is 0 Å². The molecule has 88 valence electrons. The summed E-state index contributed by atoms with van der Waals surface area (Å²) in [7, 11) is 1.73. The van der Waals surface area contributed by atoms with E-state index in [9.17, 15) is 0 Å². The summed E-state index contributed by atoms with van der Waals surface area (Å²) in [6.07, 6.45) is 2.44. The van der Waals surface area contributed by atoms with Gasteiger partial charge in [-0.2, -0.15) is 15.0 Å². The highest BCUT2D eigenvalue weighted by Gasteiger charge is 2.15. The van der Waals surface area contributed by atoms with Crippen molar-refractivity contribution in [3.05, 3.63) is 5.28 Å². The molecule has 2 N–H and O–H groups in total. The largest absolute Gasteiger partial charge is 0.376 e. The molecular formula is C9H14ClN5O. The van der Waals surface area contributed by atoms with Crippen molar-refractivity contribution in [3.63, 3.8) is 0 Å². The lowest BCUT2D eigenvalue weighted by Crippen LogP contribution is -2.20. The van der Waals surface area contributed by atoms with Gasteiger partial charge in [-0.1, -0.05) is 0 Å². The lowest BCUT2D eigenvalue weighted by Gasteiger charge is -2.10. The molecule has 16 heavy (non-hydrogen) atoms. The molecule has 1 saturated heterocycles. The molecule has 1 aromatic rings. The normalized spacial score (nSPS) is 19.8. The molecule has 1 atom stereocenters. The highest BCUT2D eigenvalue weighted by atomic mass is 35.5. The summed E-state index contributed by atoms with van der Waals surface area (Å²) in [5.41, 5.74) is 0. The summed E-state index contributed by atoms with van der Waals surface area (Å²) in [6.45, 7) is 1.54. The minimum atomic E-state index is 0.175. The fourth-order valence-corrected chi connectivity index (χ4v) is 1.71. The van der Waals surface area contributed by atoms with Gasteiger partial charge in [-0.05, 0) is 24.4 Å². The molecule has 0 aliphatic carbocycles. The monoisotopic (exact) mass is 243 g/mol. The standard InChI is InChI=1S/C9H14ClN5O/c1-11-8-13-7(10)14-9(15-8)12-5-6-3-2-4-16-6/h6H,2-5H2,1H3,(H2,11,12,13,14,15). The molecule has 1 fully saturated rings. The van der Waals surface area contributed by atoms with Crippen molar-refractivity contribution >= 4 is 23.5 Å². The summed E-state index contributed by atoms with van der Waals surface area (Å²) < 4.78 is 5.48. The molecule has 0 amide bonds. The number of nitrogens with one attached hydrogen (secondary N) is 2. The van der Waals surface area contributed by atoms with E-state index in [1.54, 1.807) is 7.05 Å². The maximum absolute atomic E-state index is 5.75. The molecule has 0 saturated carbocycles. The Morgan fingerprint density at radius 2 is 2.19 bits per heavy atom. The van der Waals surface area contributed by atoms with Crippen LogP contribution in [0.2, 0.25) is 5.28 Å². The molecule has 0 bridgehead atoms. The second kappa shape index (κ2) is 5.27. The fraction of sp³-hybridized carbons (Fsp3) is 0.667. The highest BCUT2D eigenvalue weighted by molar-refractivity contribution is 6.28. The molecule has 1 aliphatic rings. The first-order valence-corrected chi connectivity index (χ1v) is 5.60. The van der Waals surface area contributed by atoms with E-state index < -0.39 is 0 Å². The Morgan fingerprint density at radius 1 is 1.38 bits per heavy atom. The Hall–Kier alpha value is -1.14. The first-order chi connectivity index (χ1) is 7.78. The number of hydrogen-bond donors (Lipinski definition) is 2. The second-order valence-corrected chi connectivity index (χ2v) is 3.86. The third-order valence-corrected chi connectivity index (χ3v) is 2.51. The van der Waals surface area contributed by atoms with E-state index in [1.165, 1.54) is 0 Å². The van der Waals surface area contributed by atoms with Crippen LogP contribution >= 0.6 is 11.6 Å². The van der Waals surface area contributed by atoms with Crippen LogP contribution in [-0.4, -0.2) is 41.3 Å². The van der Waals surface area contributed by atoms with Gasteiger partial charge in [0.25, 0.3) is 0 Å². The molecule has 6 nitrogen and oxygen atoms in total. The van der Waals surface area contributed by atoms with Gasteiger partial charge in [-0.3, -0.25) is 0 Å². The number of hydrogen-bond acceptors (Lipinski definition) is 6. The van der Waals surface area contributed by atoms with Crippen molar-refractivity contribution in [1.82, 2.24) is 15.0 Å². The Morgan fingerprint density at radius 3 is 2.88 bits per heavy atom. The topological polar surface area (TPSA) is 72.0 Å². The Kier molecular flexibility index (Phi) is 3.74. The predicted octanol–water partition coefficient (Wildman–Crippen LogP) is 1.16. The molecular weight excluding hydrogens is 230 g/mol. The van der Waals surface area contributed by atoms with E-state index in [1.807, 2.05) is 0 Å². The number of ether oxygens (including phenoxy) is 1. The SMILES string of the molecule is CNc1nc(Cl)nc(NCC2CCCO2)n1. The number of aromatic nitrogens is 3. The van der Waals surface area contributed by atoms with Gasteiger partial charge in [0, 0.05) is 20.2 Å². The van der Waals surface area contributed by atoms with Crippen LogP contribution in [0.1, 0.15) is 12.8 Å². The molecule has 1 aromatic heterocycles. The van der Waals surface area contributed by atoms with Gasteiger partial charge in [0.2, 0.25) is 17.2 Å². The van der Waals surface area contributed by atoms with Crippen LogP contribution in [0, 0.1) is 0 Å². The lowest BCUT2D eigenvalue weighted by atomic mass is 10.2. The summed E-state index contributed by atoms with van der Waals surface area (Å²) in [4.78, 5) is 12.0. The zero-order valence-corrected chi connectivity index (χ0v) is 9.79. The third-order valence-electron chi connectivity index (χ3n) is 2.34. The van der Waals surface area contributed by atoms with E-state index in [4.69, 9.17) is 16.3 Å². The predicted molar refractivity (Wildman–Crippen MR) is 61.8 cm³/mol. The van der Waals surface area contributed by atoms with Crippen LogP contribution in [0.5, 0.6) is 0 Å².